The molecule has 0 unspecified atom stereocenters. The van der Waals surface area contributed by atoms with E-state index in [0.29, 0.717) is 18.8 Å². The topological polar surface area (TPSA) is 77.9 Å². The Bertz CT molecular complexity index is 1230. The maximum atomic E-state index is 13.4. The van der Waals surface area contributed by atoms with E-state index in [-0.39, 0.29) is 50.0 Å². The monoisotopic (exact) mass is 528 g/mol. The van der Waals surface area contributed by atoms with Gasteiger partial charge in [0.15, 0.2) is 15.6 Å². The van der Waals surface area contributed by atoms with Crippen molar-refractivity contribution in [3.63, 3.8) is 0 Å². The zero-order valence-corrected chi connectivity index (χ0v) is 21.5. The number of nitrogens with zero attached hydrogens (tertiary/aromatic N) is 2. The fourth-order valence-electron chi connectivity index (χ4n) is 4.89. The summed E-state index contributed by atoms with van der Waals surface area (Å²) >= 11 is 12.4. The molecule has 184 valence electrons. The van der Waals surface area contributed by atoms with Gasteiger partial charge in [-0.3, -0.25) is 4.79 Å². The number of fused-ring (bicyclic) bond motifs is 2. The van der Waals surface area contributed by atoms with Crippen LogP contribution in [0.2, 0.25) is 10.0 Å². The third-order valence-corrected chi connectivity index (χ3v) is 9.01. The molecule has 1 N–H and O–H groups in total. The van der Waals surface area contributed by atoms with Gasteiger partial charge in [0.1, 0.15) is 5.82 Å². The van der Waals surface area contributed by atoms with Crippen LogP contribution in [0.3, 0.4) is 0 Å². The van der Waals surface area contributed by atoms with Gasteiger partial charge in [0, 0.05) is 25.2 Å². The summed E-state index contributed by atoms with van der Waals surface area (Å²) in [4.78, 5) is 16.8. The summed E-state index contributed by atoms with van der Waals surface area (Å²) in [5, 5.41) is 10.8. The number of likely N-dealkylation sites (tertiary alicyclic amines) is 1. The molecule has 0 aliphatic carbocycles. The largest absolute Gasteiger partial charge is 0.504 e. The maximum Gasteiger partial charge on any atom is 0.255 e. The standard InChI is InChI=1S/C24H27Cl2FN2O4S/c1-24(2,3)13-34(32,33)17-9-20(26)22(30)21(10-17)29-15-5-6-16(29)12-28(11-15)23(31)18-7-4-14(27)8-19(18)25/h4,7-10,15-16,30H,5-6,11-13H2,1-3H3/t15-,16+. The van der Waals surface area contributed by atoms with Crippen LogP contribution in [0.1, 0.15) is 44.0 Å². The van der Waals surface area contributed by atoms with Crippen LogP contribution in [0.15, 0.2) is 35.2 Å². The molecule has 2 fully saturated rings. The third-order valence-electron chi connectivity index (χ3n) is 6.21. The zero-order chi connectivity index (χ0) is 25.0. The number of hydrogen-bond donors (Lipinski definition) is 1. The van der Waals surface area contributed by atoms with Crippen molar-refractivity contribution in [1.29, 1.82) is 0 Å². The first-order valence-electron chi connectivity index (χ1n) is 11.0. The molecule has 0 spiro atoms. The van der Waals surface area contributed by atoms with Gasteiger partial charge in [0.25, 0.3) is 5.91 Å². The van der Waals surface area contributed by atoms with E-state index >= 15 is 0 Å². The van der Waals surface area contributed by atoms with Gasteiger partial charge in [-0.1, -0.05) is 44.0 Å². The highest BCUT2D eigenvalue weighted by Crippen LogP contribution is 2.44. The first kappa shape index (κ1) is 25.1. The molecule has 2 aromatic carbocycles. The number of hydrogen-bond acceptors (Lipinski definition) is 5. The average molecular weight is 529 g/mol. The molecule has 0 radical (unpaired) electrons. The van der Waals surface area contributed by atoms with Crippen LogP contribution in [-0.4, -0.2) is 55.3 Å². The Morgan fingerprint density at radius 1 is 1.09 bits per heavy atom. The van der Waals surface area contributed by atoms with Crippen molar-refractivity contribution in [1.82, 2.24) is 4.90 Å². The fourth-order valence-corrected chi connectivity index (χ4v) is 7.31. The van der Waals surface area contributed by atoms with E-state index in [2.05, 4.69) is 0 Å². The molecule has 0 aromatic heterocycles. The molecule has 2 bridgehead atoms. The van der Waals surface area contributed by atoms with Crippen LogP contribution in [0.5, 0.6) is 5.75 Å². The first-order valence-corrected chi connectivity index (χ1v) is 13.5. The number of benzene rings is 2. The van der Waals surface area contributed by atoms with E-state index in [4.69, 9.17) is 23.2 Å². The molecule has 10 heteroatoms. The summed E-state index contributed by atoms with van der Waals surface area (Å²) in [6.07, 6.45) is 1.53. The second-order valence-corrected chi connectivity index (χ2v) is 13.0. The Morgan fingerprint density at radius 2 is 1.71 bits per heavy atom. The molecule has 2 aliphatic rings. The second kappa shape index (κ2) is 8.88. The molecule has 0 saturated carbocycles. The van der Waals surface area contributed by atoms with E-state index in [1.807, 2.05) is 25.7 Å². The van der Waals surface area contributed by atoms with Crippen LogP contribution in [0.25, 0.3) is 0 Å². The number of anilines is 1. The lowest BCUT2D eigenvalue weighted by Gasteiger charge is -2.43. The molecule has 4 rings (SSSR count). The van der Waals surface area contributed by atoms with E-state index < -0.39 is 21.1 Å². The lowest BCUT2D eigenvalue weighted by Crippen LogP contribution is -2.55. The number of halogens is 3. The molecule has 2 atom stereocenters. The van der Waals surface area contributed by atoms with Crippen molar-refractivity contribution in [3.05, 3.63) is 51.8 Å². The minimum atomic E-state index is -3.63. The SMILES string of the molecule is CC(C)(C)CS(=O)(=O)c1cc(Cl)c(O)c(N2[C@@H]3CC[C@H]2CN(C(=O)c2ccc(F)cc2Cl)C3)c1. The number of aromatic hydroxyl groups is 1. The summed E-state index contributed by atoms with van der Waals surface area (Å²) in [5.41, 5.74) is 0.146. The predicted octanol–water partition coefficient (Wildman–Crippen LogP) is 5.15. The van der Waals surface area contributed by atoms with Crippen molar-refractivity contribution in [2.75, 3.05) is 23.7 Å². The molecule has 2 aliphatic heterocycles. The van der Waals surface area contributed by atoms with Crippen LogP contribution in [-0.2, 0) is 9.84 Å². The van der Waals surface area contributed by atoms with Gasteiger partial charge in [-0.15, -0.1) is 0 Å². The third kappa shape index (κ3) is 4.86. The highest BCUT2D eigenvalue weighted by atomic mass is 35.5. The Hall–Kier alpha value is -2.03. The molecule has 1 amide bonds. The quantitative estimate of drug-likeness (QED) is 0.593. The van der Waals surface area contributed by atoms with Crippen LogP contribution in [0.4, 0.5) is 10.1 Å². The average Bonchev–Trinajstić information content (AvgIpc) is 2.96. The first-order chi connectivity index (χ1) is 15.8. The van der Waals surface area contributed by atoms with Crippen LogP contribution in [0, 0.1) is 11.2 Å². The van der Waals surface area contributed by atoms with Gasteiger partial charge < -0.3 is 14.9 Å². The summed E-state index contributed by atoms with van der Waals surface area (Å²) < 4.78 is 39.5. The number of carbonyl (C=O) groups is 1. The number of piperazine rings is 1. The summed E-state index contributed by atoms with van der Waals surface area (Å²) in [6, 6.07) is 6.20. The maximum absolute atomic E-state index is 13.4. The Labute approximate surface area is 209 Å². The Balaban J connectivity index is 1.64. The number of phenolic OH excluding ortho intramolecular Hbond substituents is 1. The Morgan fingerprint density at radius 3 is 2.26 bits per heavy atom. The van der Waals surface area contributed by atoms with Crippen molar-refractivity contribution >= 4 is 44.6 Å². The van der Waals surface area contributed by atoms with Crippen LogP contribution >= 0.6 is 23.2 Å². The minimum absolute atomic E-state index is 0.0269. The highest BCUT2D eigenvalue weighted by molar-refractivity contribution is 7.91. The van der Waals surface area contributed by atoms with Crippen molar-refractivity contribution in [2.24, 2.45) is 5.41 Å². The van der Waals surface area contributed by atoms with Crippen molar-refractivity contribution in [3.8, 4) is 5.75 Å². The number of amides is 1. The lowest BCUT2D eigenvalue weighted by molar-refractivity contribution is 0.0718. The van der Waals surface area contributed by atoms with Crippen molar-refractivity contribution < 1.29 is 22.7 Å². The number of sulfone groups is 1. The van der Waals surface area contributed by atoms with Crippen LogP contribution < -0.4 is 4.90 Å². The van der Waals surface area contributed by atoms with E-state index in [0.717, 1.165) is 18.9 Å². The normalized spacial score (nSPS) is 20.6. The molecule has 34 heavy (non-hydrogen) atoms. The van der Waals surface area contributed by atoms with Gasteiger partial charge in [-0.05, 0) is 48.6 Å². The number of carbonyl (C=O) groups excluding carboxylic acids is 1. The molecular weight excluding hydrogens is 502 g/mol. The molecule has 2 aromatic rings. The van der Waals surface area contributed by atoms with Gasteiger partial charge in [0.05, 0.1) is 31.9 Å². The van der Waals surface area contributed by atoms with Gasteiger partial charge >= 0.3 is 0 Å². The molecular formula is C24H27Cl2FN2O4S. The van der Waals surface area contributed by atoms with E-state index in [1.54, 1.807) is 4.90 Å². The molecule has 2 saturated heterocycles. The van der Waals surface area contributed by atoms with Gasteiger partial charge in [0.2, 0.25) is 0 Å². The minimum Gasteiger partial charge on any atom is -0.504 e. The summed E-state index contributed by atoms with van der Waals surface area (Å²) in [6.45, 7) is 6.25. The second-order valence-electron chi connectivity index (χ2n) is 10.2. The van der Waals surface area contributed by atoms with Gasteiger partial charge in [-0.2, -0.15) is 0 Å². The Kier molecular flexibility index (Phi) is 6.55. The summed E-state index contributed by atoms with van der Waals surface area (Å²) in [5.74, 6) is -1.03. The smallest absolute Gasteiger partial charge is 0.255 e. The fraction of sp³-hybridized carbons (Fsp3) is 0.458. The van der Waals surface area contributed by atoms with E-state index in [1.165, 1.54) is 24.3 Å². The van der Waals surface area contributed by atoms with E-state index in [9.17, 15) is 22.7 Å². The van der Waals surface area contributed by atoms with Gasteiger partial charge in [-0.25, -0.2) is 12.8 Å². The molecule has 2 heterocycles. The molecule has 6 nitrogen and oxygen atoms in total. The number of rotatable bonds is 4. The lowest BCUT2D eigenvalue weighted by atomic mass is 10.0. The zero-order valence-electron chi connectivity index (χ0n) is 19.2. The summed E-state index contributed by atoms with van der Waals surface area (Å²) in [7, 11) is -3.63. The predicted molar refractivity (Wildman–Crippen MR) is 131 cm³/mol. The highest BCUT2D eigenvalue weighted by Gasteiger charge is 2.43. The number of phenols is 1. The van der Waals surface area contributed by atoms with Crippen molar-refractivity contribution in [2.45, 2.75) is 50.6 Å².